The minimum Gasteiger partial charge on any atom is -0.364 e. The van der Waals surface area contributed by atoms with Gasteiger partial charge in [-0.2, -0.15) is 4.31 Å². The number of rotatable bonds is 0. The zero-order valence-corrected chi connectivity index (χ0v) is 8.52. The largest absolute Gasteiger partial charge is 0.364 e. The lowest BCUT2D eigenvalue weighted by atomic mass is 10.1. The molecule has 0 aromatic heterocycles. The molecule has 1 aliphatic heterocycles. The molecule has 72 valence electrons. The van der Waals surface area contributed by atoms with E-state index in [1.165, 1.54) is 4.31 Å². The molecule has 5 heteroatoms. The average Bonchev–Trinajstić information content (AvgIpc) is 1.83. The minimum absolute atomic E-state index is 0.101. The van der Waals surface area contributed by atoms with Crippen molar-refractivity contribution in [3.8, 4) is 0 Å². The maximum absolute atomic E-state index is 11.5. The summed E-state index contributed by atoms with van der Waals surface area (Å²) in [5.41, 5.74) is -0.376. The van der Waals surface area contributed by atoms with Crippen molar-refractivity contribution in [1.82, 2.24) is 4.31 Å². The second kappa shape index (κ2) is 2.97. The van der Waals surface area contributed by atoms with E-state index in [1.54, 1.807) is 0 Å². The summed E-state index contributed by atoms with van der Waals surface area (Å²) in [4.78, 5) is 0. The van der Waals surface area contributed by atoms with E-state index in [4.69, 9.17) is 4.74 Å². The van der Waals surface area contributed by atoms with Crippen LogP contribution in [0, 0.1) is 0 Å². The van der Waals surface area contributed by atoms with Gasteiger partial charge in [-0.3, -0.25) is 0 Å². The summed E-state index contributed by atoms with van der Waals surface area (Å²) in [5, 5.41) is 0. The lowest BCUT2D eigenvalue weighted by molar-refractivity contribution is 0.0290. The molecule has 0 spiro atoms. The summed E-state index contributed by atoms with van der Waals surface area (Å²) in [6.07, 6.45) is 0. The number of hydrogen-bond donors (Lipinski definition) is 0. The van der Waals surface area contributed by atoms with Crippen molar-refractivity contribution in [2.24, 2.45) is 0 Å². The predicted molar refractivity (Wildman–Crippen MR) is 46.2 cm³/mol. The molecule has 0 aromatic carbocycles. The summed E-state index contributed by atoms with van der Waals surface area (Å²) in [6, 6.07) is 0. The van der Waals surface area contributed by atoms with E-state index in [1.807, 2.05) is 20.8 Å². The Labute approximate surface area is 73.6 Å². The molecular weight excluding hydrogens is 178 g/mol. The Morgan fingerprint density at radius 1 is 1.33 bits per heavy atom. The molecule has 12 heavy (non-hydrogen) atoms. The van der Waals surface area contributed by atoms with E-state index in [0.717, 1.165) is 0 Å². The Morgan fingerprint density at radius 2 is 1.92 bits per heavy atom. The Bertz CT molecular complexity index is 252. The molecule has 0 N–H and O–H groups in total. The van der Waals surface area contributed by atoms with Crippen LogP contribution in [0.1, 0.15) is 20.8 Å². The SMILES string of the molecule is CC(C)(C)N1COCCS1(=O)=O. The second-order valence-electron chi connectivity index (χ2n) is 3.87. The number of sulfonamides is 1. The summed E-state index contributed by atoms with van der Waals surface area (Å²) in [6.45, 7) is 6.08. The molecule has 0 unspecified atom stereocenters. The second-order valence-corrected chi connectivity index (χ2v) is 5.89. The van der Waals surface area contributed by atoms with Gasteiger partial charge in [-0.25, -0.2) is 8.42 Å². The number of nitrogens with zero attached hydrogens (tertiary/aromatic N) is 1. The first-order chi connectivity index (χ1) is 5.34. The summed E-state index contributed by atoms with van der Waals surface area (Å²) in [7, 11) is -3.07. The van der Waals surface area contributed by atoms with Gasteiger partial charge in [0.25, 0.3) is 0 Å². The molecule has 0 aromatic rings. The van der Waals surface area contributed by atoms with Crippen LogP contribution >= 0.6 is 0 Å². The van der Waals surface area contributed by atoms with Gasteiger partial charge in [0, 0.05) is 5.54 Å². The fourth-order valence-corrected chi connectivity index (χ4v) is 2.73. The Hall–Kier alpha value is -0.130. The molecule has 0 radical (unpaired) electrons. The van der Waals surface area contributed by atoms with E-state index in [9.17, 15) is 8.42 Å². The van der Waals surface area contributed by atoms with Crippen LogP contribution in [0.5, 0.6) is 0 Å². The molecule has 0 atom stereocenters. The minimum atomic E-state index is -3.07. The normalized spacial score (nSPS) is 25.6. The summed E-state index contributed by atoms with van der Waals surface area (Å²) >= 11 is 0. The summed E-state index contributed by atoms with van der Waals surface area (Å²) < 4.78 is 29.4. The fourth-order valence-electron chi connectivity index (χ4n) is 1.11. The molecule has 1 saturated heterocycles. The van der Waals surface area contributed by atoms with Crippen LogP contribution in [-0.4, -0.2) is 37.4 Å². The molecule has 1 rings (SSSR count). The van der Waals surface area contributed by atoms with E-state index in [0.29, 0.717) is 6.61 Å². The van der Waals surface area contributed by atoms with Crippen molar-refractivity contribution in [3.05, 3.63) is 0 Å². The molecular formula is C7H15NO3S. The molecule has 1 fully saturated rings. The van der Waals surface area contributed by atoms with Crippen molar-refractivity contribution in [1.29, 1.82) is 0 Å². The molecule has 1 aliphatic rings. The van der Waals surface area contributed by atoms with Gasteiger partial charge in [0.1, 0.15) is 6.73 Å². The van der Waals surface area contributed by atoms with E-state index in [-0.39, 0.29) is 18.0 Å². The van der Waals surface area contributed by atoms with Crippen LogP contribution < -0.4 is 0 Å². The van der Waals surface area contributed by atoms with Gasteiger partial charge in [-0.05, 0) is 20.8 Å². The Kier molecular flexibility index (Phi) is 2.47. The fraction of sp³-hybridized carbons (Fsp3) is 1.00. The van der Waals surface area contributed by atoms with Crippen molar-refractivity contribution in [2.45, 2.75) is 26.3 Å². The number of ether oxygens (including phenoxy) is 1. The third-order valence-corrected chi connectivity index (χ3v) is 3.79. The Balaban J connectivity index is 2.89. The van der Waals surface area contributed by atoms with Crippen LogP contribution in [-0.2, 0) is 14.8 Å². The van der Waals surface area contributed by atoms with Crippen molar-refractivity contribution in [3.63, 3.8) is 0 Å². The third-order valence-electron chi connectivity index (χ3n) is 1.78. The van der Waals surface area contributed by atoms with Crippen LogP contribution in [0.15, 0.2) is 0 Å². The highest BCUT2D eigenvalue weighted by molar-refractivity contribution is 7.89. The maximum Gasteiger partial charge on any atom is 0.218 e. The third kappa shape index (κ3) is 1.97. The highest BCUT2D eigenvalue weighted by atomic mass is 32.2. The van der Waals surface area contributed by atoms with E-state index in [2.05, 4.69) is 0 Å². The van der Waals surface area contributed by atoms with Gasteiger partial charge in [-0.15, -0.1) is 0 Å². The quantitative estimate of drug-likeness (QED) is 0.559. The van der Waals surface area contributed by atoms with Crippen molar-refractivity contribution < 1.29 is 13.2 Å². The smallest absolute Gasteiger partial charge is 0.218 e. The van der Waals surface area contributed by atoms with Gasteiger partial charge in [0.2, 0.25) is 10.0 Å². The van der Waals surface area contributed by atoms with Gasteiger partial charge in [-0.1, -0.05) is 0 Å². The van der Waals surface area contributed by atoms with Crippen molar-refractivity contribution in [2.75, 3.05) is 19.1 Å². The standard InChI is InChI=1S/C7H15NO3S/c1-7(2,3)8-6-11-4-5-12(8,9)10/h4-6H2,1-3H3. The van der Waals surface area contributed by atoms with Gasteiger partial charge in [0.05, 0.1) is 12.4 Å². The van der Waals surface area contributed by atoms with Gasteiger partial charge < -0.3 is 4.74 Å². The first-order valence-electron chi connectivity index (χ1n) is 3.92. The predicted octanol–water partition coefficient (Wildman–Crippen LogP) is 0.404. The molecule has 4 nitrogen and oxygen atoms in total. The van der Waals surface area contributed by atoms with Crippen molar-refractivity contribution >= 4 is 10.0 Å². The van der Waals surface area contributed by atoms with Gasteiger partial charge in [0.15, 0.2) is 0 Å². The summed E-state index contributed by atoms with van der Waals surface area (Å²) in [5.74, 6) is 0.101. The van der Waals surface area contributed by atoms with Crippen LogP contribution in [0.4, 0.5) is 0 Å². The first kappa shape index (κ1) is 9.95. The van der Waals surface area contributed by atoms with E-state index < -0.39 is 10.0 Å². The molecule has 0 amide bonds. The maximum atomic E-state index is 11.5. The monoisotopic (exact) mass is 193 g/mol. The highest BCUT2D eigenvalue weighted by Crippen LogP contribution is 2.20. The lowest BCUT2D eigenvalue weighted by Gasteiger charge is -2.36. The molecule has 0 aliphatic carbocycles. The molecule has 0 bridgehead atoms. The first-order valence-corrected chi connectivity index (χ1v) is 5.53. The topological polar surface area (TPSA) is 46.6 Å². The molecule has 0 saturated carbocycles. The zero-order chi connectivity index (χ0) is 9.41. The van der Waals surface area contributed by atoms with Crippen LogP contribution in [0.2, 0.25) is 0 Å². The average molecular weight is 193 g/mol. The van der Waals surface area contributed by atoms with Gasteiger partial charge >= 0.3 is 0 Å². The lowest BCUT2D eigenvalue weighted by Crippen LogP contribution is -2.51. The van der Waals surface area contributed by atoms with E-state index >= 15 is 0 Å². The Morgan fingerprint density at radius 3 is 2.25 bits per heavy atom. The number of hydrogen-bond acceptors (Lipinski definition) is 3. The molecule has 1 heterocycles. The van der Waals surface area contributed by atoms with Crippen LogP contribution in [0.3, 0.4) is 0 Å². The highest BCUT2D eigenvalue weighted by Gasteiger charge is 2.35. The van der Waals surface area contributed by atoms with Crippen LogP contribution in [0.25, 0.3) is 0 Å². The zero-order valence-electron chi connectivity index (χ0n) is 7.70.